The van der Waals surface area contributed by atoms with Gasteiger partial charge >= 0.3 is 6.18 Å². The summed E-state index contributed by atoms with van der Waals surface area (Å²) >= 11 is 0. The summed E-state index contributed by atoms with van der Waals surface area (Å²) in [6.07, 6.45) is -0.00570. The average molecular weight is 417 g/mol. The van der Waals surface area contributed by atoms with E-state index in [1.54, 1.807) is 12.1 Å². The number of benzene rings is 1. The average Bonchev–Trinajstić information content (AvgIpc) is 3.29. The number of halogens is 3. The largest absolute Gasteiger partial charge is 0.416 e. The van der Waals surface area contributed by atoms with Gasteiger partial charge in [0.1, 0.15) is 12.7 Å². The number of aromatic nitrogens is 5. The molecule has 0 aliphatic carbocycles. The van der Waals surface area contributed by atoms with Gasteiger partial charge < -0.3 is 10.2 Å². The highest BCUT2D eigenvalue weighted by atomic mass is 19.4. The number of carbonyl (C=O) groups excluding carboxylic acids is 1. The van der Waals surface area contributed by atoms with Crippen LogP contribution < -0.4 is 10.2 Å². The number of anilines is 2. The van der Waals surface area contributed by atoms with Crippen LogP contribution in [0.25, 0.3) is 5.82 Å². The molecule has 1 aromatic carbocycles. The topological polar surface area (TPSA) is 88.8 Å². The normalized spacial score (nSPS) is 17.0. The van der Waals surface area contributed by atoms with Crippen molar-refractivity contribution in [2.24, 2.45) is 5.92 Å². The lowest BCUT2D eigenvalue weighted by molar-refractivity contribution is -0.137. The van der Waals surface area contributed by atoms with Crippen molar-refractivity contribution < 1.29 is 18.0 Å². The van der Waals surface area contributed by atoms with Gasteiger partial charge in [0.15, 0.2) is 11.6 Å². The van der Waals surface area contributed by atoms with Gasteiger partial charge in [-0.1, -0.05) is 0 Å². The molecule has 2 aromatic heterocycles. The van der Waals surface area contributed by atoms with Gasteiger partial charge in [0.25, 0.3) is 0 Å². The summed E-state index contributed by atoms with van der Waals surface area (Å²) in [5.41, 5.74) is -0.417. The SMILES string of the molecule is O=C(Nc1ccc(C(F)(F)F)cc1)C1CCCN(c2ccc(-n3cncn3)nn2)C1. The lowest BCUT2D eigenvalue weighted by atomic mass is 9.97. The van der Waals surface area contributed by atoms with Crippen molar-refractivity contribution in [2.45, 2.75) is 19.0 Å². The smallest absolute Gasteiger partial charge is 0.354 e. The molecule has 1 unspecified atom stereocenters. The minimum absolute atomic E-state index is 0.230. The van der Waals surface area contributed by atoms with E-state index in [1.165, 1.54) is 29.5 Å². The second-order valence-corrected chi connectivity index (χ2v) is 6.94. The van der Waals surface area contributed by atoms with E-state index in [-0.39, 0.29) is 11.8 Å². The fourth-order valence-corrected chi connectivity index (χ4v) is 3.32. The van der Waals surface area contributed by atoms with Crippen molar-refractivity contribution in [3.8, 4) is 5.82 Å². The quantitative estimate of drug-likeness (QED) is 0.702. The first-order valence-corrected chi connectivity index (χ1v) is 9.32. The molecule has 1 amide bonds. The first kappa shape index (κ1) is 19.8. The van der Waals surface area contributed by atoms with Crippen molar-refractivity contribution in [3.63, 3.8) is 0 Å². The molecule has 156 valence electrons. The second kappa shape index (κ2) is 8.09. The Hall–Kier alpha value is -3.50. The molecule has 8 nitrogen and oxygen atoms in total. The molecule has 3 aromatic rings. The Morgan fingerprint density at radius 2 is 1.80 bits per heavy atom. The molecule has 3 heterocycles. The number of rotatable bonds is 4. The maximum atomic E-state index is 12.7. The predicted octanol–water partition coefficient (Wildman–Crippen LogP) is 2.93. The summed E-state index contributed by atoms with van der Waals surface area (Å²) in [5, 5.41) is 15.1. The van der Waals surface area contributed by atoms with Crippen molar-refractivity contribution in [1.29, 1.82) is 0 Å². The third-order valence-electron chi connectivity index (χ3n) is 4.89. The van der Waals surface area contributed by atoms with E-state index in [4.69, 9.17) is 0 Å². The number of carbonyl (C=O) groups is 1. The van der Waals surface area contributed by atoms with Crippen molar-refractivity contribution in [2.75, 3.05) is 23.3 Å². The van der Waals surface area contributed by atoms with E-state index in [2.05, 4.69) is 25.6 Å². The van der Waals surface area contributed by atoms with E-state index >= 15 is 0 Å². The van der Waals surface area contributed by atoms with Gasteiger partial charge in [-0.15, -0.1) is 10.2 Å². The molecule has 1 aliphatic rings. The molecule has 0 radical (unpaired) electrons. The Balaban J connectivity index is 1.39. The van der Waals surface area contributed by atoms with Gasteiger partial charge in [0.05, 0.1) is 11.5 Å². The maximum absolute atomic E-state index is 12.7. The van der Waals surface area contributed by atoms with Gasteiger partial charge in [-0.25, -0.2) is 9.67 Å². The highest BCUT2D eigenvalue weighted by molar-refractivity contribution is 5.93. The predicted molar refractivity (Wildman–Crippen MR) is 102 cm³/mol. The zero-order chi connectivity index (χ0) is 21.1. The number of hydrogen-bond donors (Lipinski definition) is 1. The number of nitrogens with zero attached hydrogens (tertiary/aromatic N) is 6. The minimum atomic E-state index is -4.41. The Labute approximate surface area is 169 Å². The van der Waals surface area contributed by atoms with Gasteiger partial charge in [0, 0.05) is 18.8 Å². The molecule has 0 bridgehead atoms. The van der Waals surface area contributed by atoms with Gasteiger partial charge in [-0.05, 0) is 49.2 Å². The van der Waals surface area contributed by atoms with Gasteiger partial charge in [0.2, 0.25) is 5.91 Å². The molecule has 1 saturated heterocycles. The first-order chi connectivity index (χ1) is 14.4. The molecular formula is C19H18F3N7O. The third kappa shape index (κ3) is 4.39. The van der Waals surface area contributed by atoms with Gasteiger partial charge in [-0.3, -0.25) is 4.79 Å². The summed E-state index contributed by atoms with van der Waals surface area (Å²) < 4.78 is 39.5. The highest BCUT2D eigenvalue weighted by Crippen LogP contribution is 2.30. The number of hydrogen-bond acceptors (Lipinski definition) is 6. The zero-order valence-corrected chi connectivity index (χ0v) is 15.8. The molecule has 0 saturated carbocycles. The monoisotopic (exact) mass is 417 g/mol. The molecule has 0 spiro atoms. The maximum Gasteiger partial charge on any atom is 0.416 e. The first-order valence-electron chi connectivity index (χ1n) is 9.32. The van der Waals surface area contributed by atoms with E-state index in [9.17, 15) is 18.0 Å². The number of alkyl halides is 3. The lowest BCUT2D eigenvalue weighted by Gasteiger charge is -2.32. The summed E-state index contributed by atoms with van der Waals surface area (Å²) in [4.78, 5) is 18.5. The Morgan fingerprint density at radius 3 is 2.43 bits per heavy atom. The highest BCUT2D eigenvalue weighted by Gasteiger charge is 2.30. The summed E-state index contributed by atoms with van der Waals surface area (Å²) in [6.45, 7) is 1.19. The molecule has 30 heavy (non-hydrogen) atoms. The Morgan fingerprint density at radius 1 is 1.07 bits per heavy atom. The van der Waals surface area contributed by atoms with Crippen LogP contribution in [0, 0.1) is 5.92 Å². The molecule has 1 aliphatic heterocycles. The van der Waals surface area contributed by atoms with Crippen LogP contribution in [0.5, 0.6) is 0 Å². The van der Waals surface area contributed by atoms with E-state index in [0.717, 1.165) is 25.1 Å². The minimum Gasteiger partial charge on any atom is -0.354 e. The lowest BCUT2D eigenvalue weighted by Crippen LogP contribution is -2.41. The van der Waals surface area contributed by atoms with Crippen LogP contribution in [0.15, 0.2) is 49.1 Å². The molecule has 11 heteroatoms. The van der Waals surface area contributed by atoms with Crippen LogP contribution in [0.2, 0.25) is 0 Å². The summed E-state index contributed by atoms with van der Waals surface area (Å²) in [5.74, 6) is 0.639. The van der Waals surface area contributed by atoms with Crippen LogP contribution in [-0.4, -0.2) is 44.0 Å². The van der Waals surface area contributed by atoms with Crippen LogP contribution in [0.1, 0.15) is 18.4 Å². The van der Waals surface area contributed by atoms with Crippen molar-refractivity contribution in [3.05, 3.63) is 54.6 Å². The molecular weight excluding hydrogens is 399 g/mol. The third-order valence-corrected chi connectivity index (χ3v) is 4.89. The van der Waals surface area contributed by atoms with E-state index < -0.39 is 11.7 Å². The van der Waals surface area contributed by atoms with Crippen molar-refractivity contribution in [1.82, 2.24) is 25.0 Å². The standard InChI is InChI=1S/C19H18F3N7O/c20-19(21,22)14-3-5-15(6-4-14)25-18(30)13-2-1-9-28(10-13)16-7-8-17(27-26-16)29-12-23-11-24-29/h3-8,11-13H,1-2,9-10H2,(H,25,30). The Kier molecular flexibility index (Phi) is 5.34. The van der Waals surface area contributed by atoms with Crippen LogP contribution in [0.3, 0.4) is 0 Å². The molecule has 1 atom stereocenters. The Bertz CT molecular complexity index is 988. The fraction of sp³-hybridized carbons (Fsp3) is 0.316. The molecule has 4 rings (SSSR count). The van der Waals surface area contributed by atoms with Crippen LogP contribution >= 0.6 is 0 Å². The number of amides is 1. The van der Waals surface area contributed by atoms with Crippen molar-refractivity contribution >= 4 is 17.4 Å². The molecule has 1 N–H and O–H groups in total. The summed E-state index contributed by atoms with van der Waals surface area (Å²) in [6, 6.07) is 8.00. The number of piperidine rings is 1. The second-order valence-electron chi connectivity index (χ2n) is 6.94. The van der Waals surface area contributed by atoms with Gasteiger partial charge in [-0.2, -0.15) is 18.3 Å². The summed E-state index contributed by atoms with van der Waals surface area (Å²) in [7, 11) is 0. The van der Waals surface area contributed by atoms with Crippen LogP contribution in [0.4, 0.5) is 24.7 Å². The zero-order valence-electron chi connectivity index (χ0n) is 15.8. The van der Waals surface area contributed by atoms with E-state index in [0.29, 0.717) is 30.3 Å². The number of nitrogens with one attached hydrogen (secondary N) is 1. The van der Waals surface area contributed by atoms with E-state index in [1.807, 2.05) is 4.90 Å². The van der Waals surface area contributed by atoms with Crippen LogP contribution in [-0.2, 0) is 11.0 Å². The fourth-order valence-electron chi connectivity index (χ4n) is 3.32. The molecule has 1 fully saturated rings.